The summed E-state index contributed by atoms with van der Waals surface area (Å²) >= 11 is 0. The maximum atomic E-state index is 10.2. The average Bonchev–Trinajstić information content (AvgIpc) is 3.25. The highest BCUT2D eigenvalue weighted by molar-refractivity contribution is 14.0. The number of furan rings is 1. The Morgan fingerprint density at radius 3 is 2.64 bits per heavy atom. The van der Waals surface area contributed by atoms with Crippen molar-refractivity contribution in [3.05, 3.63) is 24.2 Å². The van der Waals surface area contributed by atoms with Crippen LogP contribution in [-0.4, -0.2) is 54.3 Å². The lowest BCUT2D eigenvalue weighted by atomic mass is 9.80. The highest BCUT2D eigenvalue weighted by atomic mass is 127. The molecular weight excluding hydrogens is 431 g/mol. The van der Waals surface area contributed by atoms with E-state index < -0.39 is 5.60 Å². The van der Waals surface area contributed by atoms with Crippen LogP contribution >= 0.6 is 24.0 Å². The summed E-state index contributed by atoms with van der Waals surface area (Å²) < 4.78 is 5.66. The molecule has 1 aromatic rings. The summed E-state index contributed by atoms with van der Waals surface area (Å²) in [5.41, 5.74) is -0.586. The summed E-state index contributed by atoms with van der Waals surface area (Å²) in [4.78, 5) is 7.05. The van der Waals surface area contributed by atoms with Crippen molar-refractivity contribution in [2.24, 2.45) is 4.99 Å². The van der Waals surface area contributed by atoms with E-state index in [0.717, 1.165) is 57.2 Å². The second-order valence-corrected chi connectivity index (χ2v) is 6.93. The Kier molecular flexibility index (Phi) is 8.02. The van der Waals surface area contributed by atoms with Gasteiger partial charge >= 0.3 is 0 Å². The number of hydrogen-bond donors (Lipinski definition) is 3. The highest BCUT2D eigenvalue weighted by Gasteiger charge is 2.34. The van der Waals surface area contributed by atoms with Crippen molar-refractivity contribution in [3.8, 4) is 0 Å². The molecule has 0 spiro atoms. The Labute approximate surface area is 167 Å². The number of nitrogens with zero attached hydrogens (tertiary/aromatic N) is 2. The van der Waals surface area contributed by atoms with Gasteiger partial charge in [-0.2, -0.15) is 0 Å². The molecule has 1 aliphatic carbocycles. The molecule has 2 fully saturated rings. The molecule has 1 atom stereocenters. The molecule has 1 saturated carbocycles. The molecule has 0 radical (unpaired) electrons. The minimum Gasteiger partial charge on any atom is -0.468 e. The van der Waals surface area contributed by atoms with E-state index in [1.807, 2.05) is 12.1 Å². The topological polar surface area (TPSA) is 73.0 Å². The van der Waals surface area contributed by atoms with E-state index in [1.54, 1.807) is 6.26 Å². The molecule has 6 nitrogen and oxygen atoms in total. The van der Waals surface area contributed by atoms with Gasteiger partial charge in [-0.25, -0.2) is 0 Å². The Bertz CT molecular complexity index is 525. The first-order valence-corrected chi connectivity index (χ1v) is 9.22. The summed E-state index contributed by atoms with van der Waals surface area (Å²) in [5.74, 6) is 1.77. The lowest BCUT2D eigenvalue weighted by Crippen LogP contribution is -2.45. The standard InChI is InChI=1S/C18H30N4O2.HI/c1-2-19-17(21-14-18(23)8-6-9-18)20-13-15(16-7-5-12-24-16)22-10-3-4-11-22;/h5,7,12,15,23H,2-4,6,8-11,13-14H2,1H3,(H2,19,20,21);1H. The lowest BCUT2D eigenvalue weighted by Gasteiger charge is -2.35. The van der Waals surface area contributed by atoms with E-state index in [4.69, 9.17) is 4.42 Å². The molecule has 2 aliphatic rings. The summed E-state index contributed by atoms with van der Waals surface area (Å²) in [7, 11) is 0. The van der Waals surface area contributed by atoms with Crippen LogP contribution in [-0.2, 0) is 0 Å². The molecule has 7 heteroatoms. The van der Waals surface area contributed by atoms with Crippen LogP contribution in [0.3, 0.4) is 0 Å². The van der Waals surface area contributed by atoms with Crippen molar-refractivity contribution in [2.75, 3.05) is 32.7 Å². The molecule has 0 bridgehead atoms. The first-order valence-electron chi connectivity index (χ1n) is 9.22. The fourth-order valence-electron chi connectivity index (χ4n) is 3.45. The summed E-state index contributed by atoms with van der Waals surface area (Å²) in [6.45, 7) is 6.30. The van der Waals surface area contributed by atoms with Crippen LogP contribution in [0, 0.1) is 0 Å². The van der Waals surface area contributed by atoms with E-state index in [1.165, 1.54) is 12.8 Å². The van der Waals surface area contributed by atoms with Crippen molar-refractivity contribution in [1.29, 1.82) is 0 Å². The third-order valence-electron chi connectivity index (χ3n) is 5.08. The fraction of sp³-hybridized carbons (Fsp3) is 0.722. The number of rotatable bonds is 7. The molecule has 3 N–H and O–H groups in total. The Morgan fingerprint density at radius 1 is 1.32 bits per heavy atom. The Balaban J connectivity index is 0.00000225. The highest BCUT2D eigenvalue weighted by Crippen LogP contribution is 2.31. The number of hydrogen-bond acceptors (Lipinski definition) is 4. The first-order chi connectivity index (χ1) is 11.7. The zero-order chi connectivity index (χ0) is 16.8. The van der Waals surface area contributed by atoms with Crippen LogP contribution in [0.15, 0.2) is 27.8 Å². The van der Waals surface area contributed by atoms with Gasteiger partial charge in [0.05, 0.1) is 24.5 Å². The molecule has 1 aromatic heterocycles. The van der Waals surface area contributed by atoms with Crippen molar-refractivity contribution in [1.82, 2.24) is 15.5 Å². The van der Waals surface area contributed by atoms with E-state index in [-0.39, 0.29) is 30.0 Å². The molecule has 3 rings (SSSR count). The zero-order valence-electron chi connectivity index (χ0n) is 15.0. The summed E-state index contributed by atoms with van der Waals surface area (Å²) in [6.07, 6.45) is 7.06. The minimum absolute atomic E-state index is 0. The molecule has 1 unspecified atom stereocenters. The van der Waals surface area contributed by atoms with Gasteiger partial charge in [-0.3, -0.25) is 9.89 Å². The van der Waals surface area contributed by atoms with Crippen LogP contribution in [0.4, 0.5) is 0 Å². The number of halogens is 1. The third-order valence-corrected chi connectivity index (χ3v) is 5.08. The number of nitrogens with one attached hydrogen (secondary N) is 2. The van der Waals surface area contributed by atoms with Gasteiger partial charge in [0.2, 0.25) is 0 Å². The number of guanidine groups is 1. The van der Waals surface area contributed by atoms with Crippen LogP contribution in [0.25, 0.3) is 0 Å². The predicted molar refractivity (Wildman–Crippen MR) is 110 cm³/mol. The quantitative estimate of drug-likeness (QED) is 0.330. The number of aliphatic hydroxyl groups is 1. The van der Waals surface area contributed by atoms with Gasteiger partial charge in [-0.15, -0.1) is 24.0 Å². The van der Waals surface area contributed by atoms with Crippen LogP contribution in [0.1, 0.15) is 50.8 Å². The third kappa shape index (κ3) is 5.59. The fourth-order valence-corrected chi connectivity index (χ4v) is 3.45. The molecule has 1 aliphatic heterocycles. The molecule has 0 aromatic carbocycles. The van der Waals surface area contributed by atoms with Crippen molar-refractivity contribution in [3.63, 3.8) is 0 Å². The SMILES string of the molecule is CCNC(=NCC1(O)CCC1)NCC(c1ccco1)N1CCCC1.I. The van der Waals surface area contributed by atoms with E-state index in [9.17, 15) is 5.11 Å². The predicted octanol–water partition coefficient (Wildman–Crippen LogP) is 2.50. The monoisotopic (exact) mass is 462 g/mol. The smallest absolute Gasteiger partial charge is 0.191 e. The second-order valence-electron chi connectivity index (χ2n) is 6.93. The van der Waals surface area contributed by atoms with E-state index in [2.05, 4.69) is 27.4 Å². The minimum atomic E-state index is -0.586. The lowest BCUT2D eigenvalue weighted by molar-refractivity contribution is -0.0236. The Morgan fingerprint density at radius 2 is 2.08 bits per heavy atom. The van der Waals surface area contributed by atoms with Crippen LogP contribution < -0.4 is 10.6 Å². The summed E-state index contributed by atoms with van der Waals surface area (Å²) in [5, 5.41) is 16.9. The van der Waals surface area contributed by atoms with Crippen LogP contribution in [0.5, 0.6) is 0 Å². The van der Waals surface area contributed by atoms with Gasteiger partial charge in [0.15, 0.2) is 5.96 Å². The van der Waals surface area contributed by atoms with Gasteiger partial charge in [0, 0.05) is 13.1 Å². The van der Waals surface area contributed by atoms with Crippen molar-refractivity contribution >= 4 is 29.9 Å². The molecule has 0 amide bonds. The van der Waals surface area contributed by atoms with Gasteiger partial charge in [0.1, 0.15) is 5.76 Å². The van der Waals surface area contributed by atoms with Crippen molar-refractivity contribution in [2.45, 2.75) is 50.7 Å². The normalized spacial score (nSPS) is 21.3. The van der Waals surface area contributed by atoms with E-state index >= 15 is 0 Å². The second kappa shape index (κ2) is 9.78. The average molecular weight is 462 g/mol. The molecule has 142 valence electrons. The number of likely N-dealkylation sites (tertiary alicyclic amines) is 1. The molecule has 1 saturated heterocycles. The maximum absolute atomic E-state index is 10.2. The Hall–Kier alpha value is -0.800. The largest absolute Gasteiger partial charge is 0.468 e. The van der Waals surface area contributed by atoms with Crippen molar-refractivity contribution < 1.29 is 9.52 Å². The van der Waals surface area contributed by atoms with Gasteiger partial charge in [-0.05, 0) is 64.3 Å². The first kappa shape index (κ1) is 20.5. The zero-order valence-corrected chi connectivity index (χ0v) is 17.4. The number of aliphatic imine (C=N–C) groups is 1. The van der Waals surface area contributed by atoms with Gasteiger partial charge in [0.25, 0.3) is 0 Å². The van der Waals surface area contributed by atoms with Crippen LogP contribution in [0.2, 0.25) is 0 Å². The van der Waals surface area contributed by atoms with E-state index in [0.29, 0.717) is 6.54 Å². The summed E-state index contributed by atoms with van der Waals surface area (Å²) in [6, 6.07) is 4.22. The van der Waals surface area contributed by atoms with Gasteiger partial charge in [-0.1, -0.05) is 0 Å². The van der Waals surface area contributed by atoms with Gasteiger partial charge < -0.3 is 20.2 Å². The molecule has 2 heterocycles. The molecular formula is C18H31IN4O2. The molecule has 25 heavy (non-hydrogen) atoms. The maximum Gasteiger partial charge on any atom is 0.191 e.